The lowest BCUT2D eigenvalue weighted by Crippen LogP contribution is -2.42. The van der Waals surface area contributed by atoms with E-state index in [1.54, 1.807) is 0 Å². The van der Waals surface area contributed by atoms with Gasteiger partial charge in [-0.05, 0) is 25.1 Å². The van der Waals surface area contributed by atoms with E-state index in [9.17, 15) is 35.5 Å². The van der Waals surface area contributed by atoms with Crippen LogP contribution < -0.4 is 5.56 Å². The van der Waals surface area contributed by atoms with Crippen LogP contribution in [-0.2, 0) is 21.0 Å². The minimum absolute atomic E-state index is 0.0216. The molecular weight excluding hydrogens is 533 g/mol. The van der Waals surface area contributed by atoms with E-state index in [4.69, 9.17) is 11.6 Å². The van der Waals surface area contributed by atoms with Gasteiger partial charge in [-0.1, -0.05) is 15.8 Å². The van der Waals surface area contributed by atoms with Crippen molar-refractivity contribution in [2.24, 2.45) is 0 Å². The van der Waals surface area contributed by atoms with Gasteiger partial charge >= 0.3 is 12.1 Å². The molecule has 0 saturated heterocycles. The van der Waals surface area contributed by atoms with E-state index >= 15 is 0 Å². The number of alkyl halides is 5. The van der Waals surface area contributed by atoms with Crippen LogP contribution in [-0.4, -0.2) is 46.7 Å². The normalized spacial score (nSPS) is 14.2. The van der Waals surface area contributed by atoms with Gasteiger partial charge in [0.25, 0.3) is 5.56 Å². The molecular formula is C21H16ClF5N5O3S+. The topological polar surface area (TPSA) is 103 Å². The predicted octanol–water partition coefficient (Wildman–Crippen LogP) is 4.85. The predicted molar refractivity (Wildman–Crippen MR) is 122 cm³/mol. The quantitative estimate of drug-likeness (QED) is 0.273. The third-order valence-electron chi connectivity index (χ3n) is 5.28. The Morgan fingerprint density at radius 1 is 1.08 bits per heavy atom. The van der Waals surface area contributed by atoms with Crippen molar-refractivity contribution in [3.63, 3.8) is 0 Å². The van der Waals surface area contributed by atoms with Crippen molar-refractivity contribution >= 4 is 32.7 Å². The van der Waals surface area contributed by atoms with Gasteiger partial charge in [-0.15, -0.1) is 0 Å². The maximum Gasteiger partial charge on any atom is 0.455 e. The molecule has 0 aliphatic carbocycles. The molecule has 15 heteroatoms. The van der Waals surface area contributed by atoms with Crippen molar-refractivity contribution in [1.29, 1.82) is 0 Å². The molecule has 36 heavy (non-hydrogen) atoms. The first-order chi connectivity index (χ1) is 16.7. The molecule has 1 unspecified atom stereocenters. The van der Waals surface area contributed by atoms with Crippen LogP contribution in [0, 0.1) is 0 Å². The van der Waals surface area contributed by atoms with Gasteiger partial charge in [0.2, 0.25) is 15.1 Å². The zero-order valence-electron chi connectivity index (χ0n) is 18.2. The monoisotopic (exact) mass is 548 g/mol. The Labute approximate surface area is 205 Å². The Morgan fingerprint density at radius 3 is 2.42 bits per heavy atom. The highest BCUT2D eigenvalue weighted by Crippen LogP contribution is 2.37. The number of pyridine rings is 3. The Kier molecular flexibility index (Phi) is 6.47. The van der Waals surface area contributed by atoms with Crippen LogP contribution in [0.4, 0.5) is 22.0 Å². The minimum Gasteiger partial charge on any atom is -0.300 e. The highest BCUT2D eigenvalue weighted by Gasteiger charge is 2.57. The van der Waals surface area contributed by atoms with Gasteiger partial charge in [0.15, 0.2) is 5.15 Å². The molecule has 0 bridgehead atoms. The molecule has 8 nitrogen and oxygen atoms in total. The molecule has 4 aromatic heterocycles. The highest BCUT2D eigenvalue weighted by atomic mass is 35.5. The third-order valence-corrected chi connectivity index (χ3v) is 7.27. The molecule has 4 rings (SSSR count). The fourth-order valence-corrected chi connectivity index (χ4v) is 4.58. The van der Waals surface area contributed by atoms with Gasteiger partial charge in [0, 0.05) is 23.7 Å². The minimum atomic E-state index is -5.86. The average molecular weight is 549 g/mol. The van der Waals surface area contributed by atoms with Gasteiger partial charge in [-0.2, -0.15) is 31.6 Å². The summed E-state index contributed by atoms with van der Waals surface area (Å²) in [6.07, 6.45) is -2.07. The summed E-state index contributed by atoms with van der Waals surface area (Å²) in [4.78, 5) is 20.3. The van der Waals surface area contributed by atoms with Crippen molar-refractivity contribution in [3.05, 3.63) is 64.4 Å². The molecule has 0 aliphatic rings. The van der Waals surface area contributed by atoms with E-state index in [1.165, 1.54) is 48.3 Å². The average Bonchev–Trinajstić information content (AvgIpc) is 3.25. The molecule has 0 saturated carbocycles. The van der Waals surface area contributed by atoms with Crippen LogP contribution in [0.5, 0.6) is 0 Å². The third kappa shape index (κ3) is 4.75. The van der Waals surface area contributed by atoms with E-state index < -0.39 is 34.4 Å². The zero-order valence-corrected chi connectivity index (χ0v) is 19.8. The van der Waals surface area contributed by atoms with Crippen LogP contribution in [0.15, 0.2) is 58.6 Å². The molecule has 0 amide bonds. The van der Waals surface area contributed by atoms with E-state index in [1.807, 2.05) is 0 Å². The molecule has 0 radical (unpaired) electrons. The second kappa shape index (κ2) is 9.01. The van der Waals surface area contributed by atoms with Gasteiger partial charge in [-0.25, -0.2) is 9.67 Å². The molecule has 0 fully saturated rings. The van der Waals surface area contributed by atoms with Gasteiger partial charge in [0.1, 0.15) is 11.4 Å². The number of halogens is 6. The lowest BCUT2D eigenvalue weighted by Gasteiger charge is -2.21. The smallest absolute Gasteiger partial charge is 0.300 e. The molecule has 0 aromatic carbocycles. The first-order valence-electron chi connectivity index (χ1n) is 10.1. The largest absolute Gasteiger partial charge is 0.455 e. The fourth-order valence-electron chi connectivity index (χ4n) is 3.37. The maximum absolute atomic E-state index is 13.7. The van der Waals surface area contributed by atoms with Crippen LogP contribution in [0.3, 0.4) is 0 Å². The van der Waals surface area contributed by atoms with Gasteiger partial charge in [-0.3, -0.25) is 9.78 Å². The lowest BCUT2D eigenvalue weighted by molar-refractivity contribution is -0.286. The molecule has 0 spiro atoms. The summed E-state index contributed by atoms with van der Waals surface area (Å²) in [5.74, 6) is -5.34. The lowest BCUT2D eigenvalue weighted by atomic mass is 10.1. The number of hydrogen-bond acceptors (Lipinski definition) is 5. The summed E-state index contributed by atoms with van der Waals surface area (Å²) in [5.41, 5.74) is -1.02. The van der Waals surface area contributed by atoms with Crippen molar-refractivity contribution < 1.29 is 30.7 Å². The summed E-state index contributed by atoms with van der Waals surface area (Å²) in [6, 6.07) is 6.21. The Bertz CT molecular complexity index is 1570. The number of rotatable bonds is 6. The van der Waals surface area contributed by atoms with Gasteiger partial charge in [0.05, 0.1) is 35.8 Å². The molecule has 4 heterocycles. The first-order valence-corrected chi connectivity index (χ1v) is 12.2. The molecule has 1 N–H and O–H groups in total. The highest BCUT2D eigenvalue weighted by molar-refractivity contribution is 7.97. The Balaban J connectivity index is 1.86. The molecule has 4 aromatic rings. The summed E-state index contributed by atoms with van der Waals surface area (Å²) < 4.78 is 90.7. The first kappa shape index (κ1) is 25.9. The second-order valence-corrected chi connectivity index (χ2v) is 10.3. The van der Waals surface area contributed by atoms with Crippen LogP contribution in [0.25, 0.3) is 28.0 Å². The SMILES string of the molecule is CC[S+](=O)(O)c1cc(-n2ccc(Cl)n2)cnc1-c1cc2ccc(=O)n(CC(F)(F)C(F)(F)F)c2cn1. The maximum atomic E-state index is 13.7. The number of fused-ring (bicyclic) bond motifs is 1. The zero-order chi connectivity index (χ0) is 26.5. The van der Waals surface area contributed by atoms with E-state index in [0.29, 0.717) is 5.69 Å². The number of aromatic nitrogens is 5. The Morgan fingerprint density at radius 2 is 1.81 bits per heavy atom. The van der Waals surface area contributed by atoms with Crippen molar-refractivity contribution in [3.8, 4) is 17.1 Å². The van der Waals surface area contributed by atoms with Gasteiger partial charge < -0.3 is 4.57 Å². The van der Waals surface area contributed by atoms with Crippen molar-refractivity contribution in [2.45, 2.75) is 30.5 Å². The van der Waals surface area contributed by atoms with E-state index in [2.05, 4.69) is 15.1 Å². The van der Waals surface area contributed by atoms with E-state index in [-0.39, 0.29) is 42.7 Å². The molecule has 190 valence electrons. The Hall–Kier alpha value is -3.23. The number of hydrogen-bond donors (Lipinski definition) is 1. The van der Waals surface area contributed by atoms with Crippen LogP contribution in [0.1, 0.15) is 6.92 Å². The summed E-state index contributed by atoms with van der Waals surface area (Å²) in [5, 5.41) is 4.29. The van der Waals surface area contributed by atoms with E-state index in [0.717, 1.165) is 12.3 Å². The number of nitrogens with zero attached hydrogens (tertiary/aromatic N) is 5. The fraction of sp³-hybridized carbons (Fsp3) is 0.238. The second-order valence-electron chi connectivity index (χ2n) is 7.64. The summed E-state index contributed by atoms with van der Waals surface area (Å²) in [6.45, 7) is -0.449. The van der Waals surface area contributed by atoms with Crippen LogP contribution in [0.2, 0.25) is 5.15 Å². The van der Waals surface area contributed by atoms with Crippen molar-refractivity contribution in [1.82, 2.24) is 24.3 Å². The van der Waals surface area contributed by atoms with Crippen LogP contribution >= 0.6 is 11.6 Å². The summed E-state index contributed by atoms with van der Waals surface area (Å²) >= 11 is 5.84. The summed E-state index contributed by atoms with van der Waals surface area (Å²) in [7, 11) is -3.62. The standard InChI is InChI=1S/C21H15ClF5N5O3S/c1-2-36(34,35)16-8-13(32-6-5-17(22)30-32)9-29-19(16)14-7-12-3-4-18(33)31(15(12)10-28-14)11-20(23,24)21(25,26)27/h3-10H,2,11H2,1H3/p+1. The van der Waals surface area contributed by atoms with Crippen molar-refractivity contribution in [2.75, 3.05) is 5.75 Å². The molecule has 0 aliphatic heterocycles. The molecule has 1 atom stereocenters.